The van der Waals surface area contributed by atoms with Crippen LogP contribution in [0.4, 0.5) is 0 Å². The number of ether oxygens (including phenoxy) is 1. The maximum Gasteiger partial charge on any atom is 0.305 e. The van der Waals surface area contributed by atoms with E-state index in [0.29, 0.717) is 6.42 Å². The Morgan fingerprint density at radius 3 is 1.58 bits per heavy atom. The third kappa shape index (κ3) is 27.0. The van der Waals surface area contributed by atoms with E-state index in [1.807, 2.05) is 0 Å². The number of carbonyl (C=O) groups excluding carboxylic acids is 1. The molecule has 0 saturated carbocycles. The van der Waals surface area contributed by atoms with Gasteiger partial charge in [-0.25, -0.2) is 0 Å². The second-order valence-electron chi connectivity index (χ2n) is 9.32. The Balaban J connectivity index is 3.26. The second kappa shape index (κ2) is 27.1. The molecule has 0 bridgehead atoms. The van der Waals surface area contributed by atoms with Gasteiger partial charge in [0.05, 0.1) is 6.61 Å². The summed E-state index contributed by atoms with van der Waals surface area (Å²) in [5.74, 6) is -0.317. The van der Waals surface area contributed by atoms with Gasteiger partial charge in [-0.15, -0.1) is 0 Å². The summed E-state index contributed by atoms with van der Waals surface area (Å²) in [4.78, 5) is 11.4. The van der Waals surface area contributed by atoms with Gasteiger partial charge in [-0.1, -0.05) is 115 Å². The maximum absolute atomic E-state index is 11.4. The Kier molecular flexibility index (Phi) is 26.2. The first-order chi connectivity index (χ1) is 16.2. The highest BCUT2D eigenvalue weighted by atomic mass is 16.5. The highest BCUT2D eigenvalue weighted by molar-refractivity contribution is 5.69. The summed E-state index contributed by atoms with van der Waals surface area (Å²) in [5.41, 5.74) is 0. The van der Waals surface area contributed by atoms with Crippen LogP contribution in [-0.2, 0) is 9.53 Å². The summed E-state index contributed by atoms with van der Waals surface area (Å²) < 4.78 is 4.86. The number of unbranched alkanes of at least 4 members (excludes halogenated alkanes) is 16. The minimum atomic E-state index is -0.976. The fourth-order valence-electron chi connectivity index (χ4n) is 3.80. The average molecular weight is 467 g/mol. The lowest BCUT2D eigenvalue weighted by Gasteiger charge is -2.07. The van der Waals surface area contributed by atoms with Crippen LogP contribution in [0.2, 0.25) is 0 Å². The van der Waals surface area contributed by atoms with Gasteiger partial charge in [0.25, 0.3) is 0 Å². The number of aliphatic hydroxyl groups is 2. The predicted molar refractivity (Wildman–Crippen MR) is 140 cm³/mol. The summed E-state index contributed by atoms with van der Waals surface area (Å²) >= 11 is 0. The smallest absolute Gasteiger partial charge is 0.305 e. The van der Waals surface area contributed by atoms with Crippen molar-refractivity contribution in [2.75, 3.05) is 13.2 Å². The van der Waals surface area contributed by atoms with Crippen LogP contribution in [0.5, 0.6) is 0 Å². The average Bonchev–Trinajstić information content (AvgIpc) is 2.82. The largest absolute Gasteiger partial charge is 0.463 e. The molecule has 4 nitrogen and oxygen atoms in total. The number of carbonyl (C=O) groups is 1. The van der Waals surface area contributed by atoms with Gasteiger partial charge in [-0.3, -0.25) is 4.79 Å². The molecule has 0 aliphatic heterocycles. The molecule has 0 aliphatic rings. The van der Waals surface area contributed by atoms with Gasteiger partial charge < -0.3 is 14.9 Å². The molecule has 0 radical (unpaired) electrons. The van der Waals surface area contributed by atoms with Crippen molar-refractivity contribution in [2.45, 2.75) is 141 Å². The Hall–Kier alpha value is -1.13. The van der Waals surface area contributed by atoms with Crippen molar-refractivity contribution in [2.24, 2.45) is 0 Å². The number of hydrogen-bond donors (Lipinski definition) is 2. The quantitative estimate of drug-likeness (QED) is 0.0817. The molecule has 0 saturated heterocycles. The highest BCUT2D eigenvalue weighted by Gasteiger charge is 2.06. The monoisotopic (exact) mass is 466 g/mol. The first-order valence-electron chi connectivity index (χ1n) is 13.9. The zero-order valence-corrected chi connectivity index (χ0v) is 21.7. The van der Waals surface area contributed by atoms with Crippen molar-refractivity contribution in [1.82, 2.24) is 0 Å². The van der Waals surface area contributed by atoms with E-state index in [1.54, 1.807) is 0 Å². The van der Waals surface area contributed by atoms with Gasteiger partial charge in [-0.2, -0.15) is 0 Å². The van der Waals surface area contributed by atoms with Gasteiger partial charge in [0, 0.05) is 6.42 Å². The Morgan fingerprint density at radius 1 is 0.667 bits per heavy atom. The normalized spacial score (nSPS) is 12.7. The van der Waals surface area contributed by atoms with Crippen LogP contribution in [0.25, 0.3) is 0 Å². The molecule has 0 aromatic heterocycles. The zero-order chi connectivity index (χ0) is 24.2. The van der Waals surface area contributed by atoms with Crippen LogP contribution in [0.3, 0.4) is 0 Å². The van der Waals surface area contributed by atoms with Crippen LogP contribution in [0.15, 0.2) is 24.3 Å². The molecular weight excluding hydrogens is 412 g/mol. The zero-order valence-electron chi connectivity index (χ0n) is 21.7. The molecule has 0 aromatic rings. The van der Waals surface area contributed by atoms with E-state index in [9.17, 15) is 4.79 Å². The SMILES string of the molecule is CCCCCCCCCCCCCCCC/C=C/CC/C=C/CCCC(=O)OC[C@@H](O)CO. The molecule has 2 N–H and O–H groups in total. The van der Waals surface area contributed by atoms with E-state index >= 15 is 0 Å². The number of allylic oxidation sites excluding steroid dienone is 4. The minimum absolute atomic E-state index is 0.128. The fraction of sp³-hybridized carbons (Fsp3) is 0.828. The van der Waals surface area contributed by atoms with E-state index in [2.05, 4.69) is 31.2 Å². The summed E-state index contributed by atoms with van der Waals surface area (Å²) in [6.07, 6.45) is 33.0. The van der Waals surface area contributed by atoms with E-state index in [1.165, 1.54) is 96.3 Å². The van der Waals surface area contributed by atoms with Crippen LogP contribution in [0.1, 0.15) is 135 Å². The number of hydrogen-bond acceptors (Lipinski definition) is 4. The first-order valence-corrected chi connectivity index (χ1v) is 13.9. The molecule has 0 aliphatic carbocycles. The summed E-state index contributed by atoms with van der Waals surface area (Å²) in [7, 11) is 0. The van der Waals surface area contributed by atoms with Crippen molar-refractivity contribution in [3.8, 4) is 0 Å². The van der Waals surface area contributed by atoms with E-state index < -0.39 is 6.10 Å². The molecule has 0 rings (SSSR count). The van der Waals surface area contributed by atoms with E-state index in [-0.39, 0.29) is 19.2 Å². The van der Waals surface area contributed by atoms with Crippen molar-refractivity contribution in [3.05, 3.63) is 24.3 Å². The van der Waals surface area contributed by atoms with Crippen LogP contribution in [0, 0.1) is 0 Å². The van der Waals surface area contributed by atoms with Crippen LogP contribution < -0.4 is 0 Å². The summed E-state index contributed by atoms with van der Waals surface area (Å²) in [6.45, 7) is 1.77. The van der Waals surface area contributed by atoms with Crippen molar-refractivity contribution >= 4 is 5.97 Å². The topological polar surface area (TPSA) is 66.8 Å². The van der Waals surface area contributed by atoms with Crippen molar-refractivity contribution in [1.29, 1.82) is 0 Å². The van der Waals surface area contributed by atoms with Crippen LogP contribution in [-0.4, -0.2) is 35.5 Å². The molecule has 4 heteroatoms. The number of esters is 1. The Morgan fingerprint density at radius 2 is 1.09 bits per heavy atom. The minimum Gasteiger partial charge on any atom is -0.463 e. The molecule has 1 atom stereocenters. The lowest BCUT2D eigenvalue weighted by atomic mass is 10.0. The summed E-state index contributed by atoms with van der Waals surface area (Å²) in [6, 6.07) is 0. The van der Waals surface area contributed by atoms with Gasteiger partial charge in [-0.05, 0) is 38.5 Å². The van der Waals surface area contributed by atoms with Gasteiger partial charge >= 0.3 is 5.97 Å². The van der Waals surface area contributed by atoms with E-state index in [0.717, 1.165) is 25.7 Å². The van der Waals surface area contributed by atoms with Crippen LogP contribution >= 0.6 is 0 Å². The molecule has 194 valence electrons. The molecule has 0 heterocycles. The molecular formula is C29H54O4. The maximum atomic E-state index is 11.4. The van der Waals surface area contributed by atoms with Crippen molar-refractivity contribution < 1.29 is 19.7 Å². The van der Waals surface area contributed by atoms with Gasteiger partial charge in [0.15, 0.2) is 0 Å². The van der Waals surface area contributed by atoms with E-state index in [4.69, 9.17) is 14.9 Å². The molecule has 0 amide bonds. The molecule has 0 spiro atoms. The standard InChI is InChI=1S/C29H54O4/c1-2-3-4-5-6-7-8-9-10-11-12-13-14-15-16-17-18-19-20-21-22-23-24-25-29(32)33-27-28(31)26-30/h17-18,21-22,28,30-31H,2-16,19-20,23-27H2,1H3/b18-17+,22-21+/t28-/m0/s1. The fourth-order valence-corrected chi connectivity index (χ4v) is 3.80. The number of rotatable bonds is 25. The van der Waals surface area contributed by atoms with Gasteiger partial charge in [0.2, 0.25) is 0 Å². The second-order valence-corrected chi connectivity index (χ2v) is 9.32. The third-order valence-electron chi connectivity index (χ3n) is 5.96. The number of aliphatic hydroxyl groups excluding tert-OH is 2. The molecule has 0 fully saturated rings. The lowest BCUT2D eigenvalue weighted by Crippen LogP contribution is -2.21. The third-order valence-corrected chi connectivity index (χ3v) is 5.96. The molecule has 33 heavy (non-hydrogen) atoms. The summed E-state index contributed by atoms with van der Waals surface area (Å²) in [5, 5.41) is 17.8. The van der Waals surface area contributed by atoms with Gasteiger partial charge in [0.1, 0.15) is 12.7 Å². The Labute approximate surface area is 204 Å². The lowest BCUT2D eigenvalue weighted by molar-refractivity contribution is -0.147. The first kappa shape index (κ1) is 31.9. The predicted octanol–water partition coefficient (Wildman–Crippen LogP) is 7.82. The highest BCUT2D eigenvalue weighted by Crippen LogP contribution is 2.13. The molecule has 0 unspecified atom stereocenters. The Bertz CT molecular complexity index is 459. The molecule has 0 aromatic carbocycles. The van der Waals surface area contributed by atoms with Crippen molar-refractivity contribution in [3.63, 3.8) is 0 Å².